The lowest BCUT2D eigenvalue weighted by Gasteiger charge is -2.28. The molecule has 37 heavy (non-hydrogen) atoms. The van der Waals surface area contributed by atoms with Crippen LogP contribution < -0.4 is 19.1 Å². The third kappa shape index (κ3) is 4.74. The van der Waals surface area contributed by atoms with Crippen molar-refractivity contribution < 1.29 is 41.8 Å². The summed E-state index contributed by atoms with van der Waals surface area (Å²) in [4.78, 5) is 41.0. The van der Waals surface area contributed by atoms with E-state index in [2.05, 4.69) is 0 Å². The van der Waals surface area contributed by atoms with Crippen LogP contribution in [0.1, 0.15) is 27.5 Å². The highest BCUT2D eigenvalue weighted by Gasteiger charge is 2.52. The molecule has 1 saturated heterocycles. The molecular weight excluding hydrogens is 491 g/mol. The minimum Gasteiger partial charge on any atom is -0.497 e. The first kappa shape index (κ1) is 25.7. The zero-order valence-corrected chi connectivity index (χ0v) is 20.0. The lowest BCUT2D eigenvalue weighted by molar-refractivity contribution is -0.137. The SMILES string of the molecule is COc1ccc(C(=O)C2C(=O)C(=O)N(c3cccc(C(F)(F)F)c3)C2c2ccc(OC)c(OC)c2)cc1. The molecule has 1 aliphatic heterocycles. The Bertz CT molecular complexity index is 1350. The van der Waals surface area contributed by atoms with Gasteiger partial charge in [0.15, 0.2) is 17.3 Å². The van der Waals surface area contributed by atoms with Gasteiger partial charge < -0.3 is 14.2 Å². The van der Waals surface area contributed by atoms with E-state index in [1.807, 2.05) is 0 Å². The molecule has 0 aliphatic carbocycles. The zero-order chi connectivity index (χ0) is 26.9. The highest BCUT2D eigenvalue weighted by molar-refractivity contribution is 6.49. The van der Waals surface area contributed by atoms with Crippen molar-refractivity contribution in [1.82, 2.24) is 0 Å². The molecule has 1 fully saturated rings. The van der Waals surface area contributed by atoms with Crippen LogP contribution in [0, 0.1) is 5.92 Å². The molecule has 2 unspecified atom stereocenters. The minimum absolute atomic E-state index is 0.142. The molecule has 0 aromatic heterocycles. The molecule has 3 aromatic carbocycles. The Morgan fingerprint density at radius 1 is 0.838 bits per heavy atom. The number of anilines is 1. The maximum atomic E-state index is 13.6. The Morgan fingerprint density at radius 2 is 1.51 bits per heavy atom. The van der Waals surface area contributed by atoms with Crippen LogP contribution in [-0.4, -0.2) is 38.8 Å². The number of halogens is 3. The summed E-state index contributed by atoms with van der Waals surface area (Å²) in [5.41, 5.74) is -0.719. The van der Waals surface area contributed by atoms with Gasteiger partial charge in [0.05, 0.1) is 32.9 Å². The van der Waals surface area contributed by atoms with Crippen molar-refractivity contribution in [3.05, 3.63) is 83.4 Å². The number of hydrogen-bond acceptors (Lipinski definition) is 6. The molecule has 0 radical (unpaired) electrons. The summed E-state index contributed by atoms with van der Waals surface area (Å²) >= 11 is 0. The molecule has 4 rings (SSSR count). The number of alkyl halides is 3. The molecule has 1 aliphatic rings. The Morgan fingerprint density at radius 3 is 2.11 bits per heavy atom. The number of nitrogens with zero attached hydrogens (tertiary/aromatic N) is 1. The number of amides is 1. The van der Waals surface area contributed by atoms with Crippen LogP contribution in [0.15, 0.2) is 66.7 Å². The standard InChI is InChI=1S/C27H22F3NO6/c1-35-19-10-7-15(8-11-19)24(32)22-23(16-9-12-20(36-2)21(13-16)37-3)31(26(34)25(22)33)18-6-4-5-17(14-18)27(28,29)30/h4-14,22-23H,1-3H3. The van der Waals surface area contributed by atoms with Crippen LogP contribution in [-0.2, 0) is 15.8 Å². The Labute approximate surface area is 210 Å². The predicted octanol–water partition coefficient (Wildman–Crippen LogP) is 4.89. The Balaban J connectivity index is 1.89. The lowest BCUT2D eigenvalue weighted by Crippen LogP contribution is -2.31. The number of Topliss-reactive ketones (excluding diaryl/α,β-unsaturated/α-hetero) is 2. The van der Waals surface area contributed by atoms with Gasteiger partial charge in [-0.15, -0.1) is 0 Å². The first-order chi connectivity index (χ1) is 17.6. The second-order valence-electron chi connectivity index (χ2n) is 8.22. The zero-order valence-electron chi connectivity index (χ0n) is 20.0. The second-order valence-corrected chi connectivity index (χ2v) is 8.22. The van der Waals surface area contributed by atoms with Crippen molar-refractivity contribution in [2.45, 2.75) is 12.2 Å². The summed E-state index contributed by atoms with van der Waals surface area (Å²) in [7, 11) is 4.26. The van der Waals surface area contributed by atoms with Crippen LogP contribution >= 0.6 is 0 Å². The molecule has 0 N–H and O–H groups in total. The van der Waals surface area contributed by atoms with Crippen LogP contribution in [0.4, 0.5) is 18.9 Å². The van der Waals surface area contributed by atoms with Crippen molar-refractivity contribution in [2.75, 3.05) is 26.2 Å². The number of methoxy groups -OCH3 is 3. The largest absolute Gasteiger partial charge is 0.497 e. The molecule has 1 amide bonds. The van der Waals surface area contributed by atoms with Crippen molar-refractivity contribution in [3.63, 3.8) is 0 Å². The van der Waals surface area contributed by atoms with E-state index in [9.17, 15) is 27.6 Å². The van der Waals surface area contributed by atoms with E-state index in [4.69, 9.17) is 14.2 Å². The van der Waals surface area contributed by atoms with Crippen LogP contribution in [0.25, 0.3) is 0 Å². The molecule has 0 bridgehead atoms. The Hall–Kier alpha value is -4.34. The number of ketones is 2. The fraction of sp³-hybridized carbons (Fsp3) is 0.222. The van der Waals surface area contributed by atoms with E-state index in [-0.39, 0.29) is 17.0 Å². The average molecular weight is 513 g/mol. The van der Waals surface area contributed by atoms with Gasteiger partial charge in [0, 0.05) is 11.3 Å². The monoisotopic (exact) mass is 513 g/mol. The first-order valence-corrected chi connectivity index (χ1v) is 11.1. The number of ether oxygens (including phenoxy) is 3. The maximum absolute atomic E-state index is 13.6. The van der Waals surface area contributed by atoms with E-state index < -0.39 is 41.2 Å². The molecule has 3 aromatic rings. The predicted molar refractivity (Wildman–Crippen MR) is 127 cm³/mol. The number of carbonyl (C=O) groups excluding carboxylic acids is 3. The van der Waals surface area contributed by atoms with E-state index in [1.54, 1.807) is 0 Å². The van der Waals surface area contributed by atoms with Gasteiger partial charge in [-0.05, 0) is 60.2 Å². The summed E-state index contributed by atoms with van der Waals surface area (Å²) in [6.45, 7) is 0. The molecule has 10 heteroatoms. The lowest BCUT2D eigenvalue weighted by atomic mass is 9.86. The van der Waals surface area contributed by atoms with Gasteiger partial charge in [0.25, 0.3) is 5.91 Å². The number of rotatable bonds is 7. The van der Waals surface area contributed by atoms with E-state index in [0.29, 0.717) is 17.1 Å². The molecule has 192 valence electrons. The van der Waals surface area contributed by atoms with Crippen LogP contribution in [0.5, 0.6) is 17.2 Å². The average Bonchev–Trinajstić information content (AvgIpc) is 3.17. The first-order valence-electron chi connectivity index (χ1n) is 11.1. The molecule has 2 atom stereocenters. The third-order valence-corrected chi connectivity index (χ3v) is 6.16. The topological polar surface area (TPSA) is 82.1 Å². The summed E-state index contributed by atoms with van der Waals surface area (Å²) in [5.74, 6) is -3.21. The van der Waals surface area contributed by atoms with Crippen molar-refractivity contribution >= 4 is 23.2 Å². The van der Waals surface area contributed by atoms with Gasteiger partial charge >= 0.3 is 6.18 Å². The number of carbonyl (C=O) groups is 3. The Kier molecular flexibility index (Phi) is 6.93. The summed E-state index contributed by atoms with van der Waals surface area (Å²) in [5, 5.41) is 0. The van der Waals surface area contributed by atoms with Gasteiger partial charge in [-0.2, -0.15) is 13.2 Å². The van der Waals surface area contributed by atoms with Crippen molar-refractivity contribution in [1.29, 1.82) is 0 Å². The van der Waals surface area contributed by atoms with Gasteiger partial charge in [-0.25, -0.2) is 0 Å². The number of hydrogen-bond donors (Lipinski definition) is 0. The normalized spacial score (nSPS) is 17.6. The van der Waals surface area contributed by atoms with E-state index in [1.165, 1.54) is 69.9 Å². The molecule has 0 spiro atoms. The second kappa shape index (κ2) is 9.96. The van der Waals surface area contributed by atoms with E-state index >= 15 is 0 Å². The molecule has 1 heterocycles. The van der Waals surface area contributed by atoms with E-state index in [0.717, 1.165) is 23.1 Å². The summed E-state index contributed by atoms with van der Waals surface area (Å²) < 4.78 is 56.1. The number of benzene rings is 3. The third-order valence-electron chi connectivity index (χ3n) is 6.16. The molecular formula is C27H22F3NO6. The summed E-state index contributed by atoms with van der Waals surface area (Å²) in [6, 6.07) is 13.4. The summed E-state index contributed by atoms with van der Waals surface area (Å²) in [6.07, 6.45) is -4.68. The molecule has 7 nitrogen and oxygen atoms in total. The fourth-order valence-corrected chi connectivity index (χ4v) is 4.36. The molecule has 0 saturated carbocycles. The smallest absolute Gasteiger partial charge is 0.416 e. The van der Waals surface area contributed by atoms with Crippen LogP contribution in [0.3, 0.4) is 0 Å². The highest BCUT2D eigenvalue weighted by Crippen LogP contribution is 2.44. The van der Waals surface area contributed by atoms with Gasteiger partial charge in [0.1, 0.15) is 11.7 Å². The van der Waals surface area contributed by atoms with Gasteiger partial charge in [-0.1, -0.05) is 12.1 Å². The quantitative estimate of drug-likeness (QED) is 0.254. The van der Waals surface area contributed by atoms with Crippen LogP contribution in [0.2, 0.25) is 0 Å². The maximum Gasteiger partial charge on any atom is 0.416 e. The van der Waals surface area contributed by atoms with Gasteiger partial charge in [-0.3, -0.25) is 19.3 Å². The van der Waals surface area contributed by atoms with Crippen molar-refractivity contribution in [2.24, 2.45) is 5.92 Å². The minimum atomic E-state index is -4.68. The van der Waals surface area contributed by atoms with Gasteiger partial charge in [0.2, 0.25) is 5.78 Å². The fourth-order valence-electron chi connectivity index (χ4n) is 4.36. The van der Waals surface area contributed by atoms with Crippen molar-refractivity contribution in [3.8, 4) is 17.2 Å². The highest BCUT2D eigenvalue weighted by atomic mass is 19.4.